The molecule has 0 spiro atoms. The van der Waals surface area contributed by atoms with Gasteiger partial charge in [0.25, 0.3) is 5.88 Å². The fourth-order valence-electron chi connectivity index (χ4n) is 7.01. The Morgan fingerprint density at radius 3 is 2.07 bits per heavy atom. The Labute approximate surface area is 354 Å². The van der Waals surface area contributed by atoms with Gasteiger partial charge in [0.05, 0.1) is 30.3 Å². The molecule has 324 valence electrons. The zero-order chi connectivity index (χ0) is 43.1. The Bertz CT molecular complexity index is 2270. The lowest BCUT2D eigenvalue weighted by Crippen LogP contribution is -2.29. The average molecular weight is 845 g/mol. The van der Waals surface area contributed by atoms with Crippen molar-refractivity contribution < 1.29 is 32.2 Å². The number of unbranched alkanes of at least 4 members (excludes halogenated alkanes) is 9. The van der Waals surface area contributed by atoms with E-state index in [2.05, 4.69) is 21.6 Å². The third-order valence-corrected chi connectivity index (χ3v) is 11.4. The molecule has 0 aliphatic rings. The van der Waals surface area contributed by atoms with Crippen LogP contribution in [-0.2, 0) is 19.5 Å². The number of aryl methyl sites for hydroxylation is 1. The predicted molar refractivity (Wildman–Crippen MR) is 236 cm³/mol. The molecule has 0 radical (unpaired) electrons. The van der Waals surface area contributed by atoms with Gasteiger partial charge in [-0.25, -0.2) is 32.5 Å². The molecular formula is C44H60N8O7S. The minimum atomic E-state index is -3.68. The summed E-state index contributed by atoms with van der Waals surface area (Å²) in [5.41, 5.74) is 1.60. The lowest BCUT2D eigenvalue weighted by Gasteiger charge is -2.25. The number of hydrogen-bond acceptors (Lipinski definition) is 11. The van der Waals surface area contributed by atoms with Crippen LogP contribution < -0.4 is 19.3 Å². The number of carbonyl (C=O) groups is 2. The summed E-state index contributed by atoms with van der Waals surface area (Å²) in [5, 5.41) is 9.40. The maximum atomic E-state index is 14.2. The van der Waals surface area contributed by atoms with Crippen LogP contribution in [0.5, 0.6) is 11.6 Å². The van der Waals surface area contributed by atoms with Gasteiger partial charge in [-0.2, -0.15) is 0 Å². The summed E-state index contributed by atoms with van der Waals surface area (Å²) in [5.74, 6) is 1.15. The third kappa shape index (κ3) is 11.5. The molecule has 0 aliphatic carbocycles. The number of nitrogens with zero attached hydrogens (tertiary/aromatic N) is 7. The van der Waals surface area contributed by atoms with Crippen LogP contribution in [-0.4, -0.2) is 77.0 Å². The van der Waals surface area contributed by atoms with E-state index in [1.165, 1.54) is 52.6 Å². The molecule has 0 saturated carbocycles. The highest BCUT2D eigenvalue weighted by molar-refractivity contribution is 7.92. The number of rotatable bonds is 23. The first-order valence-corrected chi connectivity index (χ1v) is 22.9. The number of benzene rings is 2. The number of hydrogen-bond donors (Lipinski definition) is 1. The van der Waals surface area contributed by atoms with Crippen LogP contribution in [0.2, 0.25) is 0 Å². The number of sulfonamides is 1. The Morgan fingerprint density at radius 1 is 0.767 bits per heavy atom. The number of ether oxygens (including phenoxy) is 3. The third-order valence-electron chi connectivity index (χ3n) is 10.0. The van der Waals surface area contributed by atoms with Crippen LogP contribution >= 0.6 is 0 Å². The van der Waals surface area contributed by atoms with Crippen LogP contribution in [0.15, 0.2) is 66.7 Å². The molecule has 2 aromatic carbocycles. The van der Waals surface area contributed by atoms with Crippen molar-refractivity contribution in [3.8, 4) is 23.0 Å². The maximum Gasteiger partial charge on any atom is 0.421 e. The molecule has 0 saturated heterocycles. The molecule has 5 aromatic rings. The van der Waals surface area contributed by atoms with E-state index in [0.29, 0.717) is 34.8 Å². The van der Waals surface area contributed by atoms with Crippen molar-refractivity contribution in [3.63, 3.8) is 0 Å². The second-order valence-corrected chi connectivity index (χ2v) is 16.2. The lowest BCUT2D eigenvalue weighted by atomic mass is 10.1. The van der Waals surface area contributed by atoms with Crippen LogP contribution in [0.4, 0.5) is 32.5 Å². The second-order valence-electron chi connectivity index (χ2n) is 14.4. The summed E-state index contributed by atoms with van der Waals surface area (Å²) in [7, 11) is -3.68. The van der Waals surface area contributed by atoms with E-state index in [-0.39, 0.29) is 42.0 Å². The van der Waals surface area contributed by atoms with Crippen LogP contribution in [0.1, 0.15) is 105 Å². The summed E-state index contributed by atoms with van der Waals surface area (Å²) in [4.78, 5) is 36.5. The first-order valence-electron chi connectivity index (χ1n) is 21.3. The summed E-state index contributed by atoms with van der Waals surface area (Å²) in [6, 6.07) is 19.1. The number of pyridine rings is 1. The number of fused-ring (bicyclic) bond motifs is 1. The van der Waals surface area contributed by atoms with E-state index >= 15 is 0 Å². The molecule has 0 fully saturated rings. The highest BCUT2D eigenvalue weighted by atomic mass is 32.2. The van der Waals surface area contributed by atoms with Crippen molar-refractivity contribution in [2.45, 2.75) is 106 Å². The van der Waals surface area contributed by atoms with Crippen molar-refractivity contribution in [2.75, 3.05) is 46.6 Å². The van der Waals surface area contributed by atoms with E-state index in [4.69, 9.17) is 24.3 Å². The molecule has 5 rings (SSSR count). The highest BCUT2D eigenvalue weighted by Gasteiger charge is 2.36. The van der Waals surface area contributed by atoms with E-state index in [1.807, 2.05) is 26.0 Å². The number of amides is 1. The van der Waals surface area contributed by atoms with Gasteiger partial charge in [-0.3, -0.25) is 4.72 Å². The average Bonchev–Trinajstić information content (AvgIpc) is 3.76. The molecule has 0 atom stereocenters. The van der Waals surface area contributed by atoms with Crippen molar-refractivity contribution in [2.24, 2.45) is 0 Å². The molecule has 1 amide bonds. The van der Waals surface area contributed by atoms with Gasteiger partial charge in [-0.15, -0.1) is 14.8 Å². The van der Waals surface area contributed by atoms with Gasteiger partial charge in [0.2, 0.25) is 10.0 Å². The Morgan fingerprint density at radius 2 is 1.43 bits per heavy atom. The fraction of sp³-hybridized carbons (Fsp3) is 0.477. The number of nitrogens with one attached hydrogen (secondary N) is 1. The molecule has 0 unspecified atom stereocenters. The normalized spacial score (nSPS) is 11.4. The summed E-state index contributed by atoms with van der Waals surface area (Å²) < 4.78 is 49.1. The second kappa shape index (κ2) is 22.1. The zero-order valence-electron chi connectivity index (χ0n) is 35.9. The van der Waals surface area contributed by atoms with Crippen molar-refractivity contribution in [1.29, 1.82) is 0 Å². The Hall–Kier alpha value is -5.64. The maximum absolute atomic E-state index is 14.2. The van der Waals surface area contributed by atoms with Gasteiger partial charge in [0.15, 0.2) is 17.2 Å². The molecule has 16 heteroatoms. The first-order chi connectivity index (χ1) is 29.0. The molecule has 3 heterocycles. The highest BCUT2D eigenvalue weighted by Crippen LogP contribution is 2.42. The van der Waals surface area contributed by atoms with Crippen molar-refractivity contribution >= 4 is 50.7 Å². The van der Waals surface area contributed by atoms with Gasteiger partial charge in [-0.05, 0) is 77.4 Å². The number of anilines is 4. The summed E-state index contributed by atoms with van der Waals surface area (Å²) >= 11 is 0. The molecular weight excluding hydrogens is 785 g/mol. The number of aromatic nitrogens is 5. The van der Waals surface area contributed by atoms with Gasteiger partial charge in [0.1, 0.15) is 11.6 Å². The smallest absolute Gasteiger partial charge is 0.421 e. The predicted octanol–water partition coefficient (Wildman–Crippen LogP) is 10.5. The molecule has 3 aromatic heterocycles. The summed E-state index contributed by atoms with van der Waals surface area (Å²) in [6.45, 7) is 13.0. The number of carbonyl (C=O) groups excluding carboxylic acids is 2. The fourth-order valence-corrected chi connectivity index (χ4v) is 8.19. The van der Waals surface area contributed by atoms with Crippen molar-refractivity contribution in [3.05, 3.63) is 72.4 Å². The molecule has 0 bridgehead atoms. The van der Waals surface area contributed by atoms with Gasteiger partial charge < -0.3 is 19.1 Å². The Balaban J connectivity index is 1.55. The minimum absolute atomic E-state index is 0.0135. The quantitative estimate of drug-likeness (QED) is 0.0623. The monoisotopic (exact) mass is 844 g/mol. The van der Waals surface area contributed by atoms with Crippen LogP contribution in [0.25, 0.3) is 17.0 Å². The van der Waals surface area contributed by atoms with Crippen LogP contribution in [0, 0.1) is 6.92 Å². The van der Waals surface area contributed by atoms with E-state index in [9.17, 15) is 18.0 Å². The van der Waals surface area contributed by atoms with E-state index < -0.39 is 22.2 Å². The summed E-state index contributed by atoms with van der Waals surface area (Å²) in [6.07, 6.45) is 9.37. The molecule has 60 heavy (non-hydrogen) atoms. The lowest BCUT2D eigenvalue weighted by molar-refractivity contribution is 0.155. The first kappa shape index (κ1) is 45.4. The largest absolute Gasteiger partial charge is 0.449 e. The minimum Gasteiger partial charge on any atom is -0.449 e. The van der Waals surface area contributed by atoms with E-state index in [1.54, 1.807) is 75.4 Å². The molecule has 0 aliphatic heterocycles. The molecule has 15 nitrogen and oxygen atoms in total. The van der Waals surface area contributed by atoms with Crippen LogP contribution in [0.3, 0.4) is 0 Å². The van der Waals surface area contributed by atoms with Gasteiger partial charge in [-0.1, -0.05) is 95.0 Å². The SMILES string of the molecule is CCCCCCCCCCCCS(=O)(=O)Nc1cccc(-c2nn3nc(Oc4ccccc4)c(N(C(=O)OCC)c4ccc(N(CC)CC)nc4C)c3n2C(=O)OCC)c1. The standard InChI is InChI=1S/C44H60N8O7S/c1-7-12-13-14-15-16-17-18-19-23-31-60(55,56)48-35-26-24-25-34(32-35)40-46-52-42(51(40)44(54)58-11-5)39(41(47-52)59-36-27-21-20-22-28-36)50(43(53)57-10-4)37-29-30-38(45-33(37)6)49(8-2)9-3/h20-22,24-30,32,48H,7-19,23,31H2,1-6H3. The van der Waals surface area contributed by atoms with Crippen molar-refractivity contribution in [1.82, 2.24) is 24.4 Å². The number of para-hydroxylation sites is 1. The van der Waals surface area contributed by atoms with E-state index in [0.717, 1.165) is 38.2 Å². The molecule has 1 N–H and O–H groups in total. The Kier molecular flexibility index (Phi) is 16.7. The van der Waals surface area contributed by atoms with Gasteiger partial charge in [0, 0.05) is 24.3 Å². The topological polar surface area (TPSA) is 162 Å². The van der Waals surface area contributed by atoms with Gasteiger partial charge >= 0.3 is 12.2 Å². The zero-order valence-corrected chi connectivity index (χ0v) is 36.7.